The van der Waals surface area contributed by atoms with E-state index in [4.69, 9.17) is 11.6 Å². The number of aliphatic hydroxyl groups is 1. The van der Waals surface area contributed by atoms with Gasteiger partial charge in [-0.15, -0.1) is 0 Å². The summed E-state index contributed by atoms with van der Waals surface area (Å²) in [5.41, 5.74) is 2.85. The van der Waals surface area contributed by atoms with Crippen molar-refractivity contribution in [2.24, 2.45) is 0 Å². The summed E-state index contributed by atoms with van der Waals surface area (Å²) in [6.07, 6.45) is -0.267. The highest BCUT2D eigenvalue weighted by Gasteiger charge is 2.13. The molecule has 3 heteroatoms. The third-order valence-corrected chi connectivity index (χ3v) is 3.72. The predicted octanol–water partition coefficient (Wildman–Crippen LogP) is 4.88. The minimum Gasteiger partial charge on any atom is -0.388 e. The van der Waals surface area contributed by atoms with E-state index in [-0.39, 0.29) is 5.02 Å². The van der Waals surface area contributed by atoms with Gasteiger partial charge in [0.15, 0.2) is 0 Å². The standard InChI is InChI=1S/C17H18ClFO/c1-11(2)13-5-3-12(4-6-13)9-17(20)15-8-7-14(19)10-16(15)18/h3-8,10-11,17,20H,9H2,1-2H3. The number of aliphatic hydroxyl groups excluding tert-OH is 1. The van der Waals surface area contributed by atoms with Gasteiger partial charge in [0, 0.05) is 11.4 Å². The summed E-state index contributed by atoms with van der Waals surface area (Å²) in [5, 5.41) is 10.5. The van der Waals surface area contributed by atoms with Gasteiger partial charge in [-0.05, 0) is 34.7 Å². The Bertz CT molecular complexity index is 578. The molecule has 0 fully saturated rings. The van der Waals surface area contributed by atoms with E-state index in [1.165, 1.54) is 23.8 Å². The summed E-state index contributed by atoms with van der Waals surface area (Å²) < 4.78 is 13.0. The lowest BCUT2D eigenvalue weighted by atomic mass is 9.97. The molecule has 0 amide bonds. The summed E-state index contributed by atoms with van der Waals surface area (Å²) in [4.78, 5) is 0. The van der Waals surface area contributed by atoms with Gasteiger partial charge in [-0.2, -0.15) is 0 Å². The zero-order chi connectivity index (χ0) is 14.7. The summed E-state index contributed by atoms with van der Waals surface area (Å²) in [7, 11) is 0. The van der Waals surface area contributed by atoms with Crippen LogP contribution in [0.3, 0.4) is 0 Å². The zero-order valence-electron chi connectivity index (χ0n) is 11.6. The lowest BCUT2D eigenvalue weighted by Crippen LogP contribution is -2.03. The second kappa shape index (κ2) is 6.38. The predicted molar refractivity (Wildman–Crippen MR) is 80.6 cm³/mol. The largest absolute Gasteiger partial charge is 0.388 e. The van der Waals surface area contributed by atoms with Crippen molar-refractivity contribution in [1.82, 2.24) is 0 Å². The smallest absolute Gasteiger partial charge is 0.124 e. The molecule has 0 saturated heterocycles. The van der Waals surface area contributed by atoms with Gasteiger partial charge in [0.1, 0.15) is 5.82 Å². The van der Waals surface area contributed by atoms with E-state index in [1.54, 1.807) is 0 Å². The van der Waals surface area contributed by atoms with Gasteiger partial charge in [-0.1, -0.05) is 55.8 Å². The molecule has 1 nitrogen and oxygen atoms in total. The molecular weight excluding hydrogens is 275 g/mol. The van der Waals surface area contributed by atoms with Gasteiger partial charge in [-0.25, -0.2) is 4.39 Å². The minimum atomic E-state index is -0.729. The molecule has 2 aromatic carbocycles. The SMILES string of the molecule is CC(C)c1ccc(CC(O)c2ccc(F)cc2Cl)cc1. The molecule has 0 bridgehead atoms. The first kappa shape index (κ1) is 15.0. The Morgan fingerprint density at radius 3 is 2.30 bits per heavy atom. The fourth-order valence-electron chi connectivity index (χ4n) is 2.14. The quantitative estimate of drug-likeness (QED) is 0.851. The van der Waals surface area contributed by atoms with E-state index < -0.39 is 11.9 Å². The summed E-state index contributed by atoms with van der Waals surface area (Å²) in [6.45, 7) is 4.28. The van der Waals surface area contributed by atoms with Crippen LogP contribution in [0.15, 0.2) is 42.5 Å². The third-order valence-electron chi connectivity index (χ3n) is 3.40. The monoisotopic (exact) mass is 292 g/mol. The van der Waals surface area contributed by atoms with Crippen LogP contribution >= 0.6 is 11.6 Å². The Kier molecular flexibility index (Phi) is 4.79. The van der Waals surface area contributed by atoms with Crippen LogP contribution in [-0.2, 0) is 6.42 Å². The highest BCUT2D eigenvalue weighted by atomic mass is 35.5. The Morgan fingerprint density at radius 1 is 1.10 bits per heavy atom. The second-order valence-electron chi connectivity index (χ2n) is 5.28. The van der Waals surface area contributed by atoms with Crippen molar-refractivity contribution < 1.29 is 9.50 Å². The Balaban J connectivity index is 2.12. The molecule has 0 aliphatic carbocycles. The van der Waals surface area contributed by atoms with Crippen molar-refractivity contribution in [3.63, 3.8) is 0 Å². The third kappa shape index (κ3) is 3.59. The summed E-state index contributed by atoms with van der Waals surface area (Å²) in [6, 6.07) is 12.2. The van der Waals surface area contributed by atoms with Gasteiger partial charge in [0.05, 0.1) is 6.10 Å². The van der Waals surface area contributed by atoms with Crippen LogP contribution in [0.1, 0.15) is 42.6 Å². The first-order valence-corrected chi connectivity index (χ1v) is 7.07. The zero-order valence-corrected chi connectivity index (χ0v) is 12.4. The first-order chi connectivity index (χ1) is 9.47. The maximum absolute atomic E-state index is 13.0. The average Bonchev–Trinajstić information content (AvgIpc) is 2.39. The van der Waals surface area contributed by atoms with E-state index >= 15 is 0 Å². The van der Waals surface area contributed by atoms with Crippen LogP contribution in [0, 0.1) is 5.82 Å². The molecule has 20 heavy (non-hydrogen) atoms. The van der Waals surface area contributed by atoms with Crippen molar-refractivity contribution in [2.45, 2.75) is 32.3 Å². The number of hydrogen-bond acceptors (Lipinski definition) is 1. The van der Waals surface area contributed by atoms with Crippen LogP contribution in [0.4, 0.5) is 4.39 Å². The van der Waals surface area contributed by atoms with Crippen LogP contribution in [0.2, 0.25) is 5.02 Å². The molecule has 0 radical (unpaired) electrons. The molecule has 0 aliphatic heterocycles. The topological polar surface area (TPSA) is 20.2 Å². The van der Waals surface area contributed by atoms with Crippen LogP contribution in [0.5, 0.6) is 0 Å². The van der Waals surface area contributed by atoms with E-state index in [2.05, 4.69) is 26.0 Å². The van der Waals surface area contributed by atoms with Gasteiger partial charge in [0.2, 0.25) is 0 Å². The number of hydrogen-bond donors (Lipinski definition) is 1. The van der Waals surface area contributed by atoms with Gasteiger partial charge >= 0.3 is 0 Å². The molecule has 0 heterocycles. The summed E-state index contributed by atoms with van der Waals surface area (Å²) >= 11 is 5.96. The maximum atomic E-state index is 13.0. The average molecular weight is 293 g/mol. The Hall–Kier alpha value is -1.38. The Morgan fingerprint density at radius 2 is 1.75 bits per heavy atom. The lowest BCUT2D eigenvalue weighted by molar-refractivity contribution is 0.178. The number of rotatable bonds is 4. The minimum absolute atomic E-state index is 0.260. The first-order valence-electron chi connectivity index (χ1n) is 6.69. The van der Waals surface area contributed by atoms with Crippen LogP contribution in [0.25, 0.3) is 0 Å². The second-order valence-corrected chi connectivity index (χ2v) is 5.69. The molecule has 1 atom stereocenters. The maximum Gasteiger partial charge on any atom is 0.124 e. The molecule has 1 unspecified atom stereocenters. The van der Waals surface area contributed by atoms with Crippen molar-refractivity contribution in [3.8, 4) is 0 Å². The summed E-state index contributed by atoms with van der Waals surface area (Å²) in [5.74, 6) is 0.0905. The van der Waals surface area contributed by atoms with E-state index in [0.29, 0.717) is 17.9 Å². The normalized spacial score (nSPS) is 12.7. The van der Waals surface area contributed by atoms with Crippen molar-refractivity contribution >= 4 is 11.6 Å². The Labute approximate surface area is 124 Å². The molecule has 1 N–H and O–H groups in total. The highest BCUT2D eigenvalue weighted by Crippen LogP contribution is 2.27. The number of benzene rings is 2. The number of halogens is 2. The van der Waals surface area contributed by atoms with E-state index in [0.717, 1.165) is 5.56 Å². The molecule has 0 saturated carbocycles. The molecule has 0 aromatic heterocycles. The van der Waals surface area contributed by atoms with Gasteiger partial charge in [-0.3, -0.25) is 0 Å². The lowest BCUT2D eigenvalue weighted by Gasteiger charge is -2.13. The molecule has 2 aromatic rings. The molecule has 0 aliphatic rings. The fraction of sp³-hybridized carbons (Fsp3) is 0.294. The van der Waals surface area contributed by atoms with Crippen molar-refractivity contribution in [1.29, 1.82) is 0 Å². The van der Waals surface area contributed by atoms with Crippen molar-refractivity contribution in [2.75, 3.05) is 0 Å². The van der Waals surface area contributed by atoms with Crippen molar-refractivity contribution in [3.05, 3.63) is 70.0 Å². The van der Waals surface area contributed by atoms with E-state index in [1.807, 2.05) is 12.1 Å². The van der Waals surface area contributed by atoms with Crippen LogP contribution in [-0.4, -0.2) is 5.11 Å². The molecule has 106 valence electrons. The van der Waals surface area contributed by atoms with E-state index in [9.17, 15) is 9.50 Å². The fourth-order valence-corrected chi connectivity index (χ4v) is 2.44. The van der Waals surface area contributed by atoms with Crippen LogP contribution < -0.4 is 0 Å². The molecule has 2 rings (SSSR count). The van der Waals surface area contributed by atoms with Gasteiger partial charge in [0.25, 0.3) is 0 Å². The molecular formula is C17H18ClFO. The van der Waals surface area contributed by atoms with Gasteiger partial charge < -0.3 is 5.11 Å². The molecule has 0 spiro atoms. The highest BCUT2D eigenvalue weighted by molar-refractivity contribution is 6.31.